The van der Waals surface area contributed by atoms with E-state index in [9.17, 15) is 19.7 Å². The molecule has 1 amide bonds. The molecular weight excluding hydrogens is 454 g/mol. The summed E-state index contributed by atoms with van der Waals surface area (Å²) in [5.74, 6) is -0.0644. The van der Waals surface area contributed by atoms with E-state index >= 15 is 0 Å². The Bertz CT molecular complexity index is 1190. The van der Waals surface area contributed by atoms with Gasteiger partial charge in [-0.1, -0.05) is 19.1 Å². The molecule has 0 aliphatic carbocycles. The number of nitrogens with one attached hydrogen (secondary N) is 1. The average Bonchev–Trinajstić information content (AvgIpc) is 2.87. The molecule has 0 saturated carbocycles. The van der Waals surface area contributed by atoms with Gasteiger partial charge in [0.15, 0.2) is 12.4 Å². The molecule has 3 aromatic rings. The first-order valence-corrected chi connectivity index (χ1v) is 10.7. The second-order valence-corrected chi connectivity index (χ2v) is 7.14. The fourth-order valence-corrected chi connectivity index (χ4v) is 2.78. The van der Waals surface area contributed by atoms with Gasteiger partial charge in [-0.05, 0) is 66.6 Å². The van der Waals surface area contributed by atoms with Crippen LogP contribution in [0.15, 0.2) is 77.9 Å². The van der Waals surface area contributed by atoms with E-state index < -0.39 is 23.4 Å². The summed E-state index contributed by atoms with van der Waals surface area (Å²) in [5.41, 5.74) is 3.08. The van der Waals surface area contributed by atoms with E-state index in [1.165, 1.54) is 24.4 Å². The monoisotopic (exact) mass is 477 g/mol. The Labute approximate surface area is 201 Å². The number of carbonyl (C=O) groups is 2. The fourth-order valence-electron chi connectivity index (χ4n) is 2.78. The molecule has 0 heterocycles. The summed E-state index contributed by atoms with van der Waals surface area (Å²) >= 11 is 0. The van der Waals surface area contributed by atoms with Gasteiger partial charge in [-0.3, -0.25) is 14.9 Å². The zero-order valence-electron chi connectivity index (χ0n) is 18.9. The predicted molar refractivity (Wildman–Crippen MR) is 128 cm³/mol. The first kappa shape index (κ1) is 24.9. The van der Waals surface area contributed by atoms with E-state index in [2.05, 4.69) is 10.5 Å². The zero-order valence-corrected chi connectivity index (χ0v) is 18.9. The van der Waals surface area contributed by atoms with Gasteiger partial charge in [-0.2, -0.15) is 5.10 Å². The number of hydrogen-bond acceptors (Lipinski definition) is 8. The number of amides is 1. The number of esters is 1. The van der Waals surface area contributed by atoms with Crippen LogP contribution in [0.3, 0.4) is 0 Å². The van der Waals surface area contributed by atoms with Crippen LogP contribution >= 0.6 is 0 Å². The third kappa shape index (κ3) is 7.67. The fraction of sp³-hybridized carbons (Fsp3) is 0.160. The summed E-state index contributed by atoms with van der Waals surface area (Å²) in [6.45, 7) is 2.18. The van der Waals surface area contributed by atoms with Gasteiger partial charge in [0.1, 0.15) is 11.5 Å². The second kappa shape index (κ2) is 12.5. The van der Waals surface area contributed by atoms with Crippen LogP contribution in [-0.4, -0.2) is 36.2 Å². The highest BCUT2D eigenvalue weighted by Crippen LogP contribution is 2.25. The molecular formula is C25H23N3O7. The Hall–Kier alpha value is -4.73. The van der Waals surface area contributed by atoms with Gasteiger partial charge in [0, 0.05) is 6.07 Å². The Morgan fingerprint density at radius 3 is 2.34 bits per heavy atom. The third-order valence-corrected chi connectivity index (χ3v) is 4.48. The lowest BCUT2D eigenvalue weighted by Crippen LogP contribution is -2.24. The zero-order chi connectivity index (χ0) is 25.0. The topological polar surface area (TPSA) is 129 Å². The molecule has 3 aromatic carbocycles. The van der Waals surface area contributed by atoms with E-state index in [-0.39, 0.29) is 11.4 Å². The molecule has 0 fully saturated rings. The van der Waals surface area contributed by atoms with Crippen molar-refractivity contribution in [2.45, 2.75) is 13.3 Å². The minimum Gasteiger partial charge on any atom is -0.494 e. The highest BCUT2D eigenvalue weighted by Gasteiger charge is 2.14. The molecule has 1 N–H and O–H groups in total. The minimum atomic E-state index is -0.592. The summed E-state index contributed by atoms with van der Waals surface area (Å²) < 4.78 is 16.0. The summed E-state index contributed by atoms with van der Waals surface area (Å²) in [6, 6.07) is 19.0. The van der Waals surface area contributed by atoms with Gasteiger partial charge in [0.05, 0.1) is 23.3 Å². The number of rotatable bonds is 11. The van der Waals surface area contributed by atoms with Crippen LogP contribution in [-0.2, 0) is 4.79 Å². The molecule has 0 bridgehead atoms. The van der Waals surface area contributed by atoms with Crippen LogP contribution < -0.4 is 19.6 Å². The first-order valence-electron chi connectivity index (χ1n) is 10.7. The molecule has 35 heavy (non-hydrogen) atoms. The Balaban J connectivity index is 1.46. The van der Waals surface area contributed by atoms with E-state index in [4.69, 9.17) is 14.2 Å². The highest BCUT2D eigenvalue weighted by molar-refractivity contribution is 5.91. The van der Waals surface area contributed by atoms with E-state index in [1.54, 1.807) is 54.6 Å². The quantitative estimate of drug-likeness (QED) is 0.144. The largest absolute Gasteiger partial charge is 0.494 e. The van der Waals surface area contributed by atoms with Crippen molar-refractivity contribution in [1.82, 2.24) is 5.43 Å². The summed E-state index contributed by atoms with van der Waals surface area (Å²) in [4.78, 5) is 34.6. The van der Waals surface area contributed by atoms with Crippen molar-refractivity contribution in [1.29, 1.82) is 0 Å². The third-order valence-electron chi connectivity index (χ3n) is 4.48. The Morgan fingerprint density at radius 1 is 0.971 bits per heavy atom. The van der Waals surface area contributed by atoms with E-state index in [0.717, 1.165) is 6.42 Å². The molecule has 0 aliphatic heterocycles. The molecule has 10 heteroatoms. The maximum Gasteiger partial charge on any atom is 0.343 e. The SMILES string of the molecule is CCCOc1ccc(C(=O)Oc2ccc(C=NNC(=O)COc3ccccc3[N+](=O)[O-])cc2)cc1. The standard InChI is InChI=1S/C25H23N3O7/c1-2-15-33-20-13-9-19(10-14-20)25(30)35-21-11-7-18(8-12-21)16-26-27-24(29)17-34-23-6-4-3-5-22(23)28(31)32/h3-14,16H,2,15,17H2,1H3,(H,27,29). The van der Waals surface area contributed by atoms with Crippen molar-refractivity contribution in [3.8, 4) is 17.2 Å². The van der Waals surface area contributed by atoms with Gasteiger partial charge in [-0.15, -0.1) is 0 Å². The van der Waals surface area contributed by atoms with Crippen LogP contribution in [0.1, 0.15) is 29.3 Å². The molecule has 0 unspecified atom stereocenters. The lowest BCUT2D eigenvalue weighted by molar-refractivity contribution is -0.385. The summed E-state index contributed by atoms with van der Waals surface area (Å²) in [7, 11) is 0. The lowest BCUT2D eigenvalue weighted by atomic mass is 10.2. The van der Waals surface area contributed by atoms with Gasteiger partial charge in [0.25, 0.3) is 5.91 Å². The number of nitrogens with zero attached hydrogens (tertiary/aromatic N) is 2. The number of benzene rings is 3. The van der Waals surface area contributed by atoms with Crippen molar-refractivity contribution < 1.29 is 28.7 Å². The number of hydrogen-bond donors (Lipinski definition) is 1. The van der Waals surface area contributed by atoms with Crippen molar-refractivity contribution in [3.63, 3.8) is 0 Å². The molecule has 0 saturated heterocycles. The van der Waals surface area contributed by atoms with Crippen molar-refractivity contribution in [2.75, 3.05) is 13.2 Å². The smallest absolute Gasteiger partial charge is 0.343 e. The number of nitro benzene ring substituents is 1. The summed E-state index contributed by atoms with van der Waals surface area (Å²) in [6.07, 6.45) is 2.29. The van der Waals surface area contributed by atoms with E-state index in [1.807, 2.05) is 6.92 Å². The van der Waals surface area contributed by atoms with Gasteiger partial charge < -0.3 is 14.2 Å². The molecule has 0 atom stereocenters. The summed E-state index contributed by atoms with van der Waals surface area (Å²) in [5, 5.41) is 14.8. The number of carbonyl (C=O) groups excluding carboxylic acids is 2. The van der Waals surface area contributed by atoms with E-state index in [0.29, 0.717) is 29.2 Å². The van der Waals surface area contributed by atoms with Crippen LogP contribution in [0.2, 0.25) is 0 Å². The van der Waals surface area contributed by atoms with Gasteiger partial charge in [0.2, 0.25) is 0 Å². The van der Waals surface area contributed by atoms with Crippen molar-refractivity contribution >= 4 is 23.8 Å². The molecule has 3 rings (SSSR count). The van der Waals surface area contributed by atoms with Crippen LogP contribution in [0.4, 0.5) is 5.69 Å². The van der Waals surface area contributed by atoms with Crippen molar-refractivity contribution in [3.05, 3.63) is 94.0 Å². The molecule has 10 nitrogen and oxygen atoms in total. The van der Waals surface area contributed by atoms with Crippen LogP contribution in [0, 0.1) is 10.1 Å². The number of para-hydroxylation sites is 2. The first-order chi connectivity index (χ1) is 17.0. The number of ether oxygens (including phenoxy) is 3. The molecule has 0 spiro atoms. The molecule has 0 radical (unpaired) electrons. The van der Waals surface area contributed by atoms with Gasteiger partial charge >= 0.3 is 11.7 Å². The Kier molecular flexibility index (Phi) is 8.89. The second-order valence-electron chi connectivity index (χ2n) is 7.14. The van der Waals surface area contributed by atoms with Crippen molar-refractivity contribution in [2.24, 2.45) is 5.10 Å². The van der Waals surface area contributed by atoms with Gasteiger partial charge in [-0.25, -0.2) is 10.2 Å². The lowest BCUT2D eigenvalue weighted by Gasteiger charge is -2.07. The molecule has 0 aliphatic rings. The maximum atomic E-state index is 12.3. The highest BCUT2D eigenvalue weighted by atomic mass is 16.6. The van der Waals surface area contributed by atoms with Crippen LogP contribution in [0.5, 0.6) is 17.2 Å². The molecule has 180 valence electrons. The maximum absolute atomic E-state index is 12.3. The number of nitro groups is 1. The predicted octanol–water partition coefficient (Wildman–Crippen LogP) is 4.13. The minimum absolute atomic E-state index is 0.0115. The van der Waals surface area contributed by atoms with Crippen LogP contribution in [0.25, 0.3) is 0 Å². The Morgan fingerprint density at radius 2 is 1.66 bits per heavy atom. The average molecular weight is 477 g/mol. The molecule has 0 aromatic heterocycles. The normalized spacial score (nSPS) is 10.5. The number of hydrazone groups is 1.